The van der Waals surface area contributed by atoms with Gasteiger partial charge in [-0.15, -0.1) is 0 Å². The van der Waals surface area contributed by atoms with Crippen LogP contribution in [-0.2, 0) is 13.6 Å². The van der Waals surface area contributed by atoms with Crippen LogP contribution in [0.3, 0.4) is 0 Å². The molecule has 0 fully saturated rings. The molecule has 0 bridgehead atoms. The maximum atomic E-state index is 5.47. The van der Waals surface area contributed by atoms with Gasteiger partial charge < -0.3 is 10.5 Å². The first-order valence-corrected chi connectivity index (χ1v) is 4.03. The minimum Gasteiger partial charge on any atom is -0.475 e. The molecule has 0 saturated heterocycles. The predicted molar refractivity (Wildman–Crippen MR) is 46.9 cm³/mol. The minimum absolute atomic E-state index is 0.172. The van der Waals surface area contributed by atoms with E-state index in [1.807, 2.05) is 27.0 Å². The van der Waals surface area contributed by atoms with E-state index in [0.717, 1.165) is 11.6 Å². The van der Waals surface area contributed by atoms with E-state index in [9.17, 15) is 0 Å². The zero-order valence-electron chi connectivity index (χ0n) is 7.74. The van der Waals surface area contributed by atoms with Crippen molar-refractivity contribution >= 4 is 0 Å². The third-order valence-corrected chi connectivity index (χ3v) is 1.45. The third kappa shape index (κ3) is 1.98. The van der Waals surface area contributed by atoms with Crippen LogP contribution in [-0.4, -0.2) is 15.9 Å². The first kappa shape index (κ1) is 9.06. The van der Waals surface area contributed by atoms with Crippen molar-refractivity contribution in [1.82, 2.24) is 9.78 Å². The number of aromatic nitrogens is 2. The minimum atomic E-state index is 0.172. The highest BCUT2D eigenvalue weighted by atomic mass is 16.5. The first-order chi connectivity index (χ1) is 5.63. The van der Waals surface area contributed by atoms with E-state index in [0.29, 0.717) is 6.54 Å². The summed E-state index contributed by atoms with van der Waals surface area (Å²) in [5.41, 5.74) is 6.29. The lowest BCUT2D eigenvalue weighted by Crippen LogP contribution is -2.08. The highest BCUT2D eigenvalue weighted by Gasteiger charge is 2.05. The highest BCUT2D eigenvalue weighted by molar-refractivity contribution is 5.15. The number of rotatable bonds is 3. The number of nitrogens with zero attached hydrogens (tertiary/aromatic N) is 2. The van der Waals surface area contributed by atoms with E-state index >= 15 is 0 Å². The van der Waals surface area contributed by atoms with Gasteiger partial charge in [0.2, 0.25) is 5.88 Å². The van der Waals surface area contributed by atoms with Crippen LogP contribution in [0.5, 0.6) is 5.88 Å². The molecule has 4 nitrogen and oxygen atoms in total. The van der Waals surface area contributed by atoms with Gasteiger partial charge in [0.25, 0.3) is 0 Å². The van der Waals surface area contributed by atoms with Gasteiger partial charge in [-0.2, -0.15) is 5.10 Å². The molecule has 4 heteroatoms. The fourth-order valence-corrected chi connectivity index (χ4v) is 0.958. The maximum Gasteiger partial charge on any atom is 0.212 e. The summed E-state index contributed by atoms with van der Waals surface area (Å²) in [7, 11) is 1.84. The molecule has 1 heterocycles. The van der Waals surface area contributed by atoms with Crippen molar-refractivity contribution in [2.45, 2.75) is 26.5 Å². The van der Waals surface area contributed by atoms with Crippen LogP contribution in [0.25, 0.3) is 0 Å². The number of aryl methyl sites for hydroxylation is 1. The van der Waals surface area contributed by atoms with Crippen LogP contribution in [0.4, 0.5) is 0 Å². The molecular weight excluding hydrogens is 154 g/mol. The predicted octanol–water partition coefficient (Wildman–Crippen LogP) is 0.666. The second-order valence-electron chi connectivity index (χ2n) is 2.97. The van der Waals surface area contributed by atoms with Crippen molar-refractivity contribution in [3.05, 3.63) is 11.8 Å². The molecule has 0 amide bonds. The van der Waals surface area contributed by atoms with Crippen molar-refractivity contribution in [2.24, 2.45) is 12.8 Å². The molecule has 0 aliphatic rings. The largest absolute Gasteiger partial charge is 0.475 e. The Morgan fingerprint density at radius 2 is 2.33 bits per heavy atom. The van der Waals surface area contributed by atoms with E-state index < -0.39 is 0 Å². The summed E-state index contributed by atoms with van der Waals surface area (Å²) in [6.45, 7) is 4.42. The van der Waals surface area contributed by atoms with Gasteiger partial charge in [-0.25, -0.2) is 4.68 Å². The smallest absolute Gasteiger partial charge is 0.212 e. The third-order valence-electron chi connectivity index (χ3n) is 1.45. The first-order valence-electron chi connectivity index (χ1n) is 4.03. The van der Waals surface area contributed by atoms with Gasteiger partial charge in [-0.05, 0) is 13.8 Å². The van der Waals surface area contributed by atoms with Crippen molar-refractivity contribution < 1.29 is 4.74 Å². The van der Waals surface area contributed by atoms with E-state index in [2.05, 4.69) is 5.10 Å². The molecule has 0 unspecified atom stereocenters. The van der Waals surface area contributed by atoms with E-state index in [1.165, 1.54) is 0 Å². The molecule has 0 saturated carbocycles. The lowest BCUT2D eigenvalue weighted by molar-refractivity contribution is 0.221. The summed E-state index contributed by atoms with van der Waals surface area (Å²) in [6, 6.07) is 1.86. The van der Waals surface area contributed by atoms with Gasteiger partial charge in [0, 0.05) is 19.7 Å². The fourth-order valence-electron chi connectivity index (χ4n) is 0.958. The van der Waals surface area contributed by atoms with Crippen LogP contribution < -0.4 is 10.5 Å². The Morgan fingerprint density at radius 1 is 1.67 bits per heavy atom. The van der Waals surface area contributed by atoms with Crippen molar-refractivity contribution in [3.8, 4) is 5.88 Å². The summed E-state index contributed by atoms with van der Waals surface area (Å²) in [6.07, 6.45) is 0.172. The van der Waals surface area contributed by atoms with Gasteiger partial charge in [0.1, 0.15) is 0 Å². The Hall–Kier alpha value is -1.03. The van der Waals surface area contributed by atoms with Crippen LogP contribution >= 0.6 is 0 Å². The van der Waals surface area contributed by atoms with E-state index in [-0.39, 0.29) is 6.10 Å². The summed E-state index contributed by atoms with van der Waals surface area (Å²) in [4.78, 5) is 0. The monoisotopic (exact) mass is 169 g/mol. The van der Waals surface area contributed by atoms with E-state index in [1.54, 1.807) is 4.68 Å². The zero-order valence-corrected chi connectivity index (χ0v) is 7.74. The average Bonchev–Trinajstić information content (AvgIpc) is 2.31. The molecule has 0 spiro atoms. The van der Waals surface area contributed by atoms with Crippen LogP contribution in [0, 0.1) is 0 Å². The molecule has 0 aliphatic heterocycles. The van der Waals surface area contributed by atoms with Crippen LogP contribution in [0.15, 0.2) is 6.07 Å². The number of hydrogen-bond donors (Lipinski definition) is 1. The lowest BCUT2D eigenvalue weighted by Gasteiger charge is -2.07. The maximum absolute atomic E-state index is 5.47. The van der Waals surface area contributed by atoms with Crippen LogP contribution in [0.2, 0.25) is 0 Å². The fraction of sp³-hybridized carbons (Fsp3) is 0.625. The number of nitrogens with two attached hydrogens (primary N) is 1. The van der Waals surface area contributed by atoms with Crippen molar-refractivity contribution in [1.29, 1.82) is 0 Å². The van der Waals surface area contributed by atoms with Gasteiger partial charge in [-0.1, -0.05) is 0 Å². The molecule has 68 valence electrons. The standard InChI is InChI=1S/C8H15N3O/c1-6(2)12-8-4-7(5-9)10-11(8)3/h4,6H,5,9H2,1-3H3. The van der Waals surface area contributed by atoms with Crippen molar-refractivity contribution in [3.63, 3.8) is 0 Å². The quantitative estimate of drug-likeness (QED) is 0.723. The molecule has 2 N–H and O–H groups in total. The second kappa shape index (κ2) is 3.58. The SMILES string of the molecule is CC(C)Oc1cc(CN)nn1C. The lowest BCUT2D eigenvalue weighted by atomic mass is 10.4. The Labute approximate surface area is 72.3 Å². The molecule has 1 aromatic heterocycles. The molecule has 1 aromatic rings. The average molecular weight is 169 g/mol. The molecule has 12 heavy (non-hydrogen) atoms. The van der Waals surface area contributed by atoms with Crippen molar-refractivity contribution in [2.75, 3.05) is 0 Å². The topological polar surface area (TPSA) is 53.1 Å². The molecular formula is C8H15N3O. The van der Waals surface area contributed by atoms with Crippen LogP contribution in [0.1, 0.15) is 19.5 Å². The van der Waals surface area contributed by atoms with Gasteiger partial charge >= 0.3 is 0 Å². The van der Waals surface area contributed by atoms with Gasteiger partial charge in [0.05, 0.1) is 11.8 Å². The Kier molecular flexibility index (Phi) is 2.70. The summed E-state index contributed by atoms with van der Waals surface area (Å²) in [5.74, 6) is 0.769. The zero-order chi connectivity index (χ0) is 9.14. The summed E-state index contributed by atoms with van der Waals surface area (Å²) >= 11 is 0. The van der Waals surface area contributed by atoms with E-state index in [4.69, 9.17) is 10.5 Å². The number of hydrogen-bond acceptors (Lipinski definition) is 3. The molecule has 1 rings (SSSR count). The normalized spacial score (nSPS) is 10.8. The van der Waals surface area contributed by atoms with Gasteiger partial charge in [-0.3, -0.25) is 0 Å². The molecule has 0 aromatic carbocycles. The number of ether oxygens (including phenoxy) is 1. The summed E-state index contributed by atoms with van der Waals surface area (Å²) in [5, 5.41) is 4.15. The Bertz CT molecular complexity index is 255. The van der Waals surface area contributed by atoms with Gasteiger partial charge in [0.15, 0.2) is 0 Å². The Morgan fingerprint density at radius 3 is 2.75 bits per heavy atom. The Balaban J connectivity index is 2.77. The second-order valence-corrected chi connectivity index (χ2v) is 2.97. The highest BCUT2D eigenvalue weighted by Crippen LogP contribution is 2.12. The molecule has 0 radical (unpaired) electrons. The molecule has 0 aliphatic carbocycles. The summed E-state index contributed by atoms with van der Waals surface area (Å²) < 4.78 is 7.17. The molecule has 0 atom stereocenters.